The number of hydrogen-bond acceptors (Lipinski definition) is 2. The molecular formula is C14H20NO2P. The van der Waals surface area contributed by atoms with Crippen LogP contribution in [0.5, 0.6) is 0 Å². The first-order chi connectivity index (χ1) is 8.86. The van der Waals surface area contributed by atoms with E-state index in [1.165, 1.54) is 10.9 Å². The molecule has 0 saturated heterocycles. The molecule has 0 atom stereocenters. The highest BCUT2D eigenvalue weighted by Gasteiger charge is 2.15. The van der Waals surface area contributed by atoms with Crippen LogP contribution in [0.4, 0.5) is 0 Å². The molecule has 0 aliphatic rings. The maximum atomic E-state index is 5.85. The van der Waals surface area contributed by atoms with Gasteiger partial charge in [-0.2, -0.15) is 0 Å². The van der Waals surface area contributed by atoms with Crippen molar-refractivity contribution in [2.75, 3.05) is 13.2 Å². The molecule has 3 nitrogen and oxygen atoms in total. The van der Waals surface area contributed by atoms with Crippen LogP contribution in [0.25, 0.3) is 10.9 Å². The molecule has 1 heterocycles. The molecule has 0 saturated carbocycles. The summed E-state index contributed by atoms with van der Waals surface area (Å²) in [7, 11) is -1.01. The Bertz CT molecular complexity index is 475. The zero-order chi connectivity index (χ0) is 12.8. The lowest BCUT2D eigenvalue weighted by atomic mass is 10.3. The molecular weight excluding hydrogens is 245 g/mol. The number of para-hydroxylation sites is 1. The van der Waals surface area contributed by atoms with Gasteiger partial charge in [0.2, 0.25) is 0 Å². The van der Waals surface area contributed by atoms with Gasteiger partial charge in [-0.3, -0.25) is 4.34 Å². The Balaban J connectivity index is 2.22. The van der Waals surface area contributed by atoms with Crippen LogP contribution in [0.15, 0.2) is 36.5 Å². The van der Waals surface area contributed by atoms with E-state index in [4.69, 9.17) is 9.05 Å². The summed E-state index contributed by atoms with van der Waals surface area (Å²) in [6.07, 6.45) is 4.07. The quantitative estimate of drug-likeness (QED) is 0.684. The maximum absolute atomic E-state index is 5.85. The van der Waals surface area contributed by atoms with Crippen LogP contribution in [-0.4, -0.2) is 17.6 Å². The van der Waals surface area contributed by atoms with Crippen LogP contribution in [0.1, 0.15) is 26.7 Å². The number of hydrogen-bond donors (Lipinski definition) is 0. The predicted octanol–water partition coefficient (Wildman–Crippen LogP) is 4.57. The molecule has 0 bridgehead atoms. The molecule has 0 aliphatic heterocycles. The van der Waals surface area contributed by atoms with E-state index >= 15 is 0 Å². The highest BCUT2D eigenvalue weighted by Crippen LogP contribution is 2.43. The first-order valence-corrected chi connectivity index (χ1v) is 7.62. The average Bonchev–Trinajstić information content (AvgIpc) is 2.83. The summed E-state index contributed by atoms with van der Waals surface area (Å²) in [5.41, 5.74) is 1.18. The Morgan fingerprint density at radius 1 is 1.00 bits per heavy atom. The summed E-state index contributed by atoms with van der Waals surface area (Å²) in [5, 5.41) is 1.23. The van der Waals surface area contributed by atoms with Crippen molar-refractivity contribution in [2.45, 2.75) is 26.7 Å². The molecule has 98 valence electrons. The largest absolute Gasteiger partial charge is 0.317 e. The predicted molar refractivity (Wildman–Crippen MR) is 76.7 cm³/mol. The van der Waals surface area contributed by atoms with Crippen molar-refractivity contribution in [1.82, 2.24) is 4.34 Å². The van der Waals surface area contributed by atoms with Crippen LogP contribution in [0, 0.1) is 0 Å². The van der Waals surface area contributed by atoms with Gasteiger partial charge >= 0.3 is 0 Å². The Morgan fingerprint density at radius 3 is 2.33 bits per heavy atom. The lowest BCUT2D eigenvalue weighted by Gasteiger charge is -2.18. The summed E-state index contributed by atoms with van der Waals surface area (Å²) < 4.78 is 13.8. The fourth-order valence-corrected chi connectivity index (χ4v) is 3.25. The Hall–Kier alpha value is -0.890. The third-order valence-corrected chi connectivity index (χ3v) is 4.07. The van der Waals surface area contributed by atoms with E-state index < -0.39 is 8.53 Å². The Kier molecular flexibility index (Phi) is 5.18. The minimum Gasteiger partial charge on any atom is -0.317 e. The van der Waals surface area contributed by atoms with Gasteiger partial charge in [0.05, 0.1) is 18.7 Å². The molecule has 2 rings (SSSR count). The van der Waals surface area contributed by atoms with Gasteiger partial charge in [0, 0.05) is 11.6 Å². The molecule has 4 heteroatoms. The zero-order valence-corrected chi connectivity index (χ0v) is 11.9. The molecule has 0 N–H and O–H groups in total. The normalized spacial score (nSPS) is 11.5. The number of fused-ring (bicyclic) bond motifs is 1. The van der Waals surface area contributed by atoms with E-state index in [2.05, 4.69) is 48.6 Å². The van der Waals surface area contributed by atoms with Crippen molar-refractivity contribution < 1.29 is 9.05 Å². The van der Waals surface area contributed by atoms with Gasteiger partial charge in [0.25, 0.3) is 8.53 Å². The second-order valence-electron chi connectivity index (χ2n) is 4.12. The molecule has 1 aromatic carbocycles. The molecule has 0 fully saturated rings. The standard InChI is InChI=1S/C14H20NO2P/c1-3-11-16-18(17-12-4-2)15-10-9-13-7-5-6-8-14(13)15/h5-10H,3-4,11-12H2,1-2H3. The van der Waals surface area contributed by atoms with Gasteiger partial charge in [-0.05, 0) is 25.0 Å². The van der Waals surface area contributed by atoms with Crippen LogP contribution in [0.2, 0.25) is 0 Å². The SMILES string of the molecule is CCCOP(OCCC)n1ccc2ccccc21. The second kappa shape index (κ2) is 6.89. The number of rotatable bonds is 7. The number of nitrogens with zero attached hydrogens (tertiary/aromatic N) is 1. The van der Waals surface area contributed by atoms with Crippen LogP contribution in [-0.2, 0) is 9.05 Å². The maximum Gasteiger partial charge on any atom is 0.294 e. The lowest BCUT2D eigenvalue weighted by molar-refractivity contribution is 0.244. The summed E-state index contributed by atoms with van der Waals surface area (Å²) in [6.45, 7) is 5.70. The van der Waals surface area contributed by atoms with Crippen molar-refractivity contribution in [1.29, 1.82) is 0 Å². The second-order valence-corrected chi connectivity index (χ2v) is 5.55. The summed E-state index contributed by atoms with van der Waals surface area (Å²) in [6, 6.07) is 10.4. The van der Waals surface area contributed by atoms with Crippen LogP contribution < -0.4 is 0 Å². The molecule has 18 heavy (non-hydrogen) atoms. The van der Waals surface area contributed by atoms with Gasteiger partial charge in [0.15, 0.2) is 0 Å². The summed E-state index contributed by atoms with van der Waals surface area (Å²) in [5.74, 6) is 0. The molecule has 1 aromatic heterocycles. The average molecular weight is 265 g/mol. The van der Waals surface area contributed by atoms with Crippen molar-refractivity contribution in [3.05, 3.63) is 36.5 Å². The topological polar surface area (TPSA) is 23.4 Å². The minimum absolute atomic E-state index is 0.738. The summed E-state index contributed by atoms with van der Waals surface area (Å²) in [4.78, 5) is 0. The van der Waals surface area contributed by atoms with E-state index in [0.29, 0.717) is 0 Å². The minimum atomic E-state index is -1.01. The number of benzene rings is 1. The van der Waals surface area contributed by atoms with Gasteiger partial charge in [0.1, 0.15) is 0 Å². The fourth-order valence-electron chi connectivity index (χ4n) is 1.71. The van der Waals surface area contributed by atoms with E-state index in [1.807, 2.05) is 6.07 Å². The fraction of sp³-hybridized carbons (Fsp3) is 0.429. The van der Waals surface area contributed by atoms with Gasteiger partial charge in [-0.25, -0.2) is 0 Å². The molecule has 0 radical (unpaired) electrons. The number of aromatic nitrogens is 1. The molecule has 0 spiro atoms. The molecule has 0 unspecified atom stereocenters. The Morgan fingerprint density at radius 2 is 1.67 bits per heavy atom. The third-order valence-electron chi connectivity index (χ3n) is 2.57. The zero-order valence-electron chi connectivity index (χ0n) is 11.0. The van der Waals surface area contributed by atoms with Crippen molar-refractivity contribution >= 4 is 19.4 Å². The van der Waals surface area contributed by atoms with E-state index in [0.717, 1.165) is 26.1 Å². The van der Waals surface area contributed by atoms with Crippen molar-refractivity contribution in [3.8, 4) is 0 Å². The first kappa shape index (κ1) is 13.5. The van der Waals surface area contributed by atoms with Gasteiger partial charge in [-0.15, -0.1) is 0 Å². The van der Waals surface area contributed by atoms with E-state index in [9.17, 15) is 0 Å². The van der Waals surface area contributed by atoms with Crippen LogP contribution >= 0.6 is 8.53 Å². The molecule has 2 aromatic rings. The highest BCUT2D eigenvalue weighted by molar-refractivity contribution is 7.45. The van der Waals surface area contributed by atoms with Crippen LogP contribution in [0.3, 0.4) is 0 Å². The van der Waals surface area contributed by atoms with E-state index in [1.54, 1.807) is 0 Å². The van der Waals surface area contributed by atoms with E-state index in [-0.39, 0.29) is 0 Å². The highest BCUT2D eigenvalue weighted by atomic mass is 31.2. The smallest absolute Gasteiger partial charge is 0.294 e. The van der Waals surface area contributed by atoms with Crippen molar-refractivity contribution in [3.63, 3.8) is 0 Å². The van der Waals surface area contributed by atoms with Gasteiger partial charge < -0.3 is 9.05 Å². The van der Waals surface area contributed by atoms with Gasteiger partial charge in [-0.1, -0.05) is 32.0 Å². The Labute approximate surface area is 110 Å². The monoisotopic (exact) mass is 265 g/mol. The lowest BCUT2D eigenvalue weighted by Crippen LogP contribution is -2.01. The first-order valence-electron chi connectivity index (χ1n) is 6.49. The summed E-state index contributed by atoms with van der Waals surface area (Å²) >= 11 is 0. The van der Waals surface area contributed by atoms with Crippen molar-refractivity contribution in [2.24, 2.45) is 0 Å². The molecule has 0 aliphatic carbocycles. The molecule has 0 amide bonds. The third kappa shape index (κ3) is 3.11.